The summed E-state index contributed by atoms with van der Waals surface area (Å²) in [6.07, 6.45) is 0. The average molecular weight is 262 g/mol. The molecule has 0 spiro atoms. The third-order valence-electron chi connectivity index (χ3n) is 2.61. The molecule has 0 unspecified atom stereocenters. The topological polar surface area (TPSA) is 26.3 Å². The van der Waals surface area contributed by atoms with Crippen molar-refractivity contribution in [3.05, 3.63) is 65.2 Å². The Morgan fingerprint density at radius 1 is 1.16 bits per heavy atom. The summed E-state index contributed by atoms with van der Waals surface area (Å²) in [6, 6.07) is 10.8. The summed E-state index contributed by atoms with van der Waals surface area (Å²) in [5, 5.41) is 0. The van der Waals surface area contributed by atoms with Crippen LogP contribution in [0.4, 0.5) is 8.78 Å². The highest BCUT2D eigenvalue weighted by Crippen LogP contribution is 2.25. The van der Waals surface area contributed by atoms with Crippen LogP contribution in [0.5, 0.6) is 5.75 Å². The van der Waals surface area contributed by atoms with Crippen molar-refractivity contribution in [1.29, 1.82) is 0 Å². The molecule has 2 rings (SSSR count). The number of carbonyl (C=O) groups excluding carboxylic acids is 1. The summed E-state index contributed by atoms with van der Waals surface area (Å²) in [5.41, 5.74) is 0.624. The van der Waals surface area contributed by atoms with E-state index in [0.29, 0.717) is 6.07 Å². The summed E-state index contributed by atoms with van der Waals surface area (Å²) in [5.74, 6) is -2.25. The number of hydrogen-bond acceptors (Lipinski definition) is 2. The molecular formula is C15H12F2O2. The lowest BCUT2D eigenvalue weighted by Gasteiger charge is -2.10. The lowest BCUT2D eigenvalue weighted by Crippen LogP contribution is -2.05. The molecule has 4 heteroatoms. The van der Waals surface area contributed by atoms with Gasteiger partial charge in [-0.05, 0) is 12.5 Å². The van der Waals surface area contributed by atoms with E-state index in [1.54, 1.807) is 0 Å². The van der Waals surface area contributed by atoms with E-state index in [4.69, 9.17) is 4.74 Å². The molecule has 98 valence electrons. The van der Waals surface area contributed by atoms with Crippen LogP contribution >= 0.6 is 0 Å². The molecule has 0 aliphatic carbocycles. The Balaban J connectivity index is 2.27. The van der Waals surface area contributed by atoms with Crippen molar-refractivity contribution in [3.63, 3.8) is 0 Å². The molecule has 19 heavy (non-hydrogen) atoms. The summed E-state index contributed by atoms with van der Waals surface area (Å²) >= 11 is 0. The summed E-state index contributed by atoms with van der Waals surface area (Å²) in [4.78, 5) is 11.4. The van der Waals surface area contributed by atoms with E-state index in [1.807, 2.05) is 30.3 Å². The van der Waals surface area contributed by atoms with Crippen LogP contribution in [-0.2, 0) is 6.61 Å². The number of ether oxygens (including phenoxy) is 1. The third kappa shape index (κ3) is 3.16. The van der Waals surface area contributed by atoms with Gasteiger partial charge in [0.2, 0.25) is 0 Å². The Bertz CT molecular complexity index is 595. The van der Waals surface area contributed by atoms with Gasteiger partial charge in [-0.2, -0.15) is 0 Å². The van der Waals surface area contributed by atoms with Gasteiger partial charge in [-0.3, -0.25) is 4.79 Å². The zero-order chi connectivity index (χ0) is 13.8. The molecule has 0 aliphatic rings. The predicted molar refractivity (Wildman–Crippen MR) is 67.1 cm³/mol. The molecule has 0 heterocycles. The zero-order valence-electron chi connectivity index (χ0n) is 10.3. The van der Waals surface area contributed by atoms with E-state index < -0.39 is 17.4 Å². The molecule has 0 atom stereocenters. The first-order chi connectivity index (χ1) is 9.08. The van der Waals surface area contributed by atoms with Gasteiger partial charge in [0.05, 0.1) is 5.56 Å². The van der Waals surface area contributed by atoms with Gasteiger partial charge in [-0.1, -0.05) is 30.3 Å². The molecule has 0 saturated carbocycles. The number of ketones is 1. The maximum Gasteiger partial charge on any atom is 0.166 e. The predicted octanol–water partition coefficient (Wildman–Crippen LogP) is 3.75. The number of rotatable bonds is 4. The van der Waals surface area contributed by atoms with Gasteiger partial charge in [0.1, 0.15) is 24.0 Å². The van der Waals surface area contributed by atoms with Crippen molar-refractivity contribution in [2.45, 2.75) is 13.5 Å². The highest BCUT2D eigenvalue weighted by molar-refractivity contribution is 5.97. The highest BCUT2D eigenvalue weighted by Gasteiger charge is 2.16. The SMILES string of the molecule is CC(=O)c1c(F)cc(F)cc1OCc1ccccc1. The molecule has 0 bridgehead atoms. The van der Waals surface area contributed by atoms with Crippen LogP contribution in [0, 0.1) is 11.6 Å². The van der Waals surface area contributed by atoms with E-state index in [-0.39, 0.29) is 17.9 Å². The van der Waals surface area contributed by atoms with E-state index in [9.17, 15) is 13.6 Å². The number of hydrogen-bond donors (Lipinski definition) is 0. The minimum atomic E-state index is -0.907. The van der Waals surface area contributed by atoms with Gasteiger partial charge in [0, 0.05) is 12.1 Å². The standard InChI is InChI=1S/C15H12F2O2/c1-10(18)15-13(17)7-12(16)8-14(15)19-9-11-5-3-2-4-6-11/h2-8H,9H2,1H3. The second kappa shape index (κ2) is 5.61. The van der Waals surface area contributed by atoms with E-state index in [2.05, 4.69) is 0 Å². The largest absolute Gasteiger partial charge is 0.488 e. The van der Waals surface area contributed by atoms with Crippen molar-refractivity contribution < 1.29 is 18.3 Å². The van der Waals surface area contributed by atoms with Crippen LogP contribution < -0.4 is 4.74 Å². The molecule has 0 radical (unpaired) electrons. The van der Waals surface area contributed by atoms with Crippen molar-refractivity contribution in [1.82, 2.24) is 0 Å². The minimum absolute atomic E-state index is 0.0751. The minimum Gasteiger partial charge on any atom is -0.488 e. The van der Waals surface area contributed by atoms with Gasteiger partial charge in [-0.25, -0.2) is 8.78 Å². The second-order valence-corrected chi connectivity index (χ2v) is 4.09. The second-order valence-electron chi connectivity index (χ2n) is 4.09. The summed E-state index contributed by atoms with van der Waals surface area (Å²) < 4.78 is 32.1. The molecule has 0 fully saturated rings. The molecule has 0 amide bonds. The fourth-order valence-corrected chi connectivity index (χ4v) is 1.74. The average Bonchev–Trinajstić information content (AvgIpc) is 2.36. The number of carbonyl (C=O) groups is 1. The van der Waals surface area contributed by atoms with Crippen molar-refractivity contribution >= 4 is 5.78 Å². The monoisotopic (exact) mass is 262 g/mol. The summed E-state index contributed by atoms with van der Waals surface area (Å²) in [7, 11) is 0. The Morgan fingerprint density at radius 2 is 1.84 bits per heavy atom. The Kier molecular flexibility index (Phi) is 3.90. The van der Waals surface area contributed by atoms with E-state index in [0.717, 1.165) is 11.6 Å². The fraction of sp³-hybridized carbons (Fsp3) is 0.133. The number of benzene rings is 2. The first kappa shape index (κ1) is 13.2. The first-order valence-corrected chi connectivity index (χ1v) is 5.74. The maximum absolute atomic E-state index is 13.5. The van der Waals surface area contributed by atoms with E-state index >= 15 is 0 Å². The molecule has 0 aromatic heterocycles. The molecule has 2 aromatic rings. The molecule has 0 saturated heterocycles. The van der Waals surface area contributed by atoms with Gasteiger partial charge in [0.25, 0.3) is 0 Å². The van der Waals surface area contributed by atoms with Crippen LogP contribution in [0.3, 0.4) is 0 Å². The summed E-state index contributed by atoms with van der Waals surface area (Å²) in [6.45, 7) is 1.36. The lowest BCUT2D eigenvalue weighted by molar-refractivity contribution is 0.100. The molecule has 2 aromatic carbocycles. The normalized spacial score (nSPS) is 10.3. The molecule has 0 N–H and O–H groups in total. The Morgan fingerprint density at radius 3 is 2.47 bits per heavy atom. The van der Waals surface area contributed by atoms with Crippen LogP contribution in [-0.4, -0.2) is 5.78 Å². The number of halogens is 2. The van der Waals surface area contributed by atoms with E-state index in [1.165, 1.54) is 6.92 Å². The van der Waals surface area contributed by atoms with Crippen molar-refractivity contribution in [2.75, 3.05) is 0 Å². The van der Waals surface area contributed by atoms with Crippen LogP contribution in [0.2, 0.25) is 0 Å². The zero-order valence-corrected chi connectivity index (χ0v) is 10.3. The van der Waals surface area contributed by atoms with Crippen molar-refractivity contribution in [2.24, 2.45) is 0 Å². The lowest BCUT2D eigenvalue weighted by atomic mass is 10.1. The molecule has 0 aliphatic heterocycles. The van der Waals surface area contributed by atoms with Gasteiger partial charge in [0.15, 0.2) is 5.78 Å². The maximum atomic E-state index is 13.5. The van der Waals surface area contributed by atoms with Gasteiger partial charge < -0.3 is 4.74 Å². The first-order valence-electron chi connectivity index (χ1n) is 5.74. The third-order valence-corrected chi connectivity index (χ3v) is 2.61. The quantitative estimate of drug-likeness (QED) is 0.784. The number of Topliss-reactive ketones (excluding diaryl/α,β-unsaturated/α-hetero) is 1. The van der Waals surface area contributed by atoms with Crippen molar-refractivity contribution in [3.8, 4) is 5.75 Å². The molecule has 2 nitrogen and oxygen atoms in total. The van der Waals surface area contributed by atoms with Crippen LogP contribution in [0.1, 0.15) is 22.8 Å². The van der Waals surface area contributed by atoms with Crippen LogP contribution in [0.25, 0.3) is 0 Å². The highest BCUT2D eigenvalue weighted by atomic mass is 19.1. The van der Waals surface area contributed by atoms with Gasteiger partial charge in [-0.15, -0.1) is 0 Å². The molecular weight excluding hydrogens is 250 g/mol. The van der Waals surface area contributed by atoms with Crippen LogP contribution in [0.15, 0.2) is 42.5 Å². The Hall–Kier alpha value is -2.23. The smallest absolute Gasteiger partial charge is 0.166 e. The van der Waals surface area contributed by atoms with Gasteiger partial charge >= 0.3 is 0 Å². The fourth-order valence-electron chi connectivity index (χ4n) is 1.74. The Labute approximate surface area is 109 Å².